The van der Waals surface area contributed by atoms with E-state index in [9.17, 15) is 9.90 Å². The van der Waals surface area contributed by atoms with Gasteiger partial charge in [0.05, 0.1) is 12.5 Å². The van der Waals surface area contributed by atoms with Crippen molar-refractivity contribution in [3.8, 4) is 0 Å². The summed E-state index contributed by atoms with van der Waals surface area (Å²) in [6, 6.07) is 0. The minimum atomic E-state index is -1.36. The number of hydrogen-bond donors (Lipinski definition) is 2. The Morgan fingerprint density at radius 1 is 1.69 bits per heavy atom. The maximum atomic E-state index is 11.2. The highest BCUT2D eigenvalue weighted by Crippen LogP contribution is 2.31. The quantitative estimate of drug-likeness (QED) is 0.608. The molecule has 4 nitrogen and oxygen atoms in total. The first-order chi connectivity index (χ1) is 5.99. The monoisotopic (exact) mass is 188 g/mol. The number of aliphatic hydroxyl groups excluding tert-OH is 1. The van der Waals surface area contributed by atoms with Crippen molar-refractivity contribution in [1.29, 1.82) is 0 Å². The van der Waals surface area contributed by atoms with Crippen molar-refractivity contribution in [1.82, 2.24) is 0 Å². The van der Waals surface area contributed by atoms with Crippen LogP contribution in [-0.2, 0) is 9.53 Å². The molecule has 2 N–H and O–H groups in total. The highest BCUT2D eigenvalue weighted by Gasteiger charge is 2.48. The van der Waals surface area contributed by atoms with Gasteiger partial charge in [-0.1, -0.05) is 13.8 Å². The highest BCUT2D eigenvalue weighted by atomic mass is 16.6. The molecule has 13 heavy (non-hydrogen) atoms. The normalized spacial score (nSPS) is 33.9. The molecule has 0 aromatic heterocycles. The molecule has 4 heteroatoms. The van der Waals surface area contributed by atoms with Crippen LogP contribution < -0.4 is 0 Å². The van der Waals surface area contributed by atoms with Gasteiger partial charge in [-0.15, -0.1) is 0 Å². The van der Waals surface area contributed by atoms with Crippen LogP contribution in [0.5, 0.6) is 0 Å². The zero-order valence-electron chi connectivity index (χ0n) is 7.99. The summed E-state index contributed by atoms with van der Waals surface area (Å²) in [5.41, 5.74) is -1.36. The molecule has 0 saturated carbocycles. The lowest BCUT2D eigenvalue weighted by molar-refractivity contribution is -0.142. The lowest BCUT2D eigenvalue weighted by atomic mass is 9.84. The first-order valence-corrected chi connectivity index (χ1v) is 4.49. The second-order valence-electron chi connectivity index (χ2n) is 4.05. The molecule has 1 rings (SSSR count). The minimum Gasteiger partial charge on any atom is -0.462 e. The fourth-order valence-electron chi connectivity index (χ4n) is 1.56. The molecule has 2 atom stereocenters. The molecule has 0 amide bonds. The van der Waals surface area contributed by atoms with Crippen LogP contribution in [0.3, 0.4) is 0 Å². The van der Waals surface area contributed by atoms with Crippen LogP contribution in [0, 0.1) is 11.8 Å². The summed E-state index contributed by atoms with van der Waals surface area (Å²) in [4.78, 5) is 11.2. The molecule has 0 aromatic rings. The second-order valence-corrected chi connectivity index (χ2v) is 4.05. The first-order valence-electron chi connectivity index (χ1n) is 4.49. The van der Waals surface area contributed by atoms with Crippen molar-refractivity contribution in [3.63, 3.8) is 0 Å². The zero-order chi connectivity index (χ0) is 10.1. The highest BCUT2D eigenvalue weighted by molar-refractivity contribution is 5.76. The van der Waals surface area contributed by atoms with Crippen molar-refractivity contribution in [3.05, 3.63) is 0 Å². The Kier molecular flexibility index (Phi) is 2.93. The van der Waals surface area contributed by atoms with Gasteiger partial charge in [-0.2, -0.15) is 0 Å². The van der Waals surface area contributed by atoms with E-state index >= 15 is 0 Å². The van der Waals surface area contributed by atoms with Crippen molar-refractivity contribution in [2.45, 2.75) is 25.9 Å². The van der Waals surface area contributed by atoms with Crippen LogP contribution in [0.1, 0.15) is 20.3 Å². The summed E-state index contributed by atoms with van der Waals surface area (Å²) in [5, 5.41) is 18.7. The molecule has 76 valence electrons. The number of cyclic esters (lactones) is 1. The summed E-state index contributed by atoms with van der Waals surface area (Å²) >= 11 is 0. The van der Waals surface area contributed by atoms with Gasteiger partial charge < -0.3 is 14.9 Å². The van der Waals surface area contributed by atoms with E-state index in [0.29, 0.717) is 12.3 Å². The SMILES string of the molecule is CC(C)CC1C(=O)OCC1(O)CO. The standard InChI is InChI=1S/C9H16O4/c1-6(2)3-7-8(11)13-5-9(7,12)4-10/h6-7,10,12H,3-5H2,1-2H3. The van der Waals surface area contributed by atoms with E-state index in [4.69, 9.17) is 9.84 Å². The summed E-state index contributed by atoms with van der Waals surface area (Å²) in [6.45, 7) is 3.42. The molecule has 0 radical (unpaired) electrons. The average Bonchev–Trinajstić information content (AvgIpc) is 2.33. The second kappa shape index (κ2) is 3.64. The number of aliphatic hydroxyl groups is 2. The lowest BCUT2D eigenvalue weighted by Gasteiger charge is -2.24. The third-order valence-electron chi connectivity index (χ3n) is 2.38. The van der Waals surface area contributed by atoms with Crippen molar-refractivity contribution >= 4 is 5.97 Å². The predicted octanol–water partition coefficient (Wildman–Crippen LogP) is -0.0711. The Bertz CT molecular complexity index is 202. The molecule has 1 heterocycles. The molecule has 1 saturated heterocycles. The number of carbonyl (C=O) groups excluding carboxylic acids is 1. The third kappa shape index (κ3) is 2.00. The molecule has 1 aliphatic rings. The van der Waals surface area contributed by atoms with E-state index in [2.05, 4.69) is 0 Å². The molecule has 0 bridgehead atoms. The number of rotatable bonds is 3. The largest absolute Gasteiger partial charge is 0.462 e. The Morgan fingerprint density at radius 2 is 2.31 bits per heavy atom. The van der Waals surface area contributed by atoms with Crippen molar-refractivity contribution in [2.24, 2.45) is 11.8 Å². The Morgan fingerprint density at radius 3 is 2.77 bits per heavy atom. The molecular formula is C9H16O4. The molecule has 1 aliphatic heterocycles. The van der Waals surface area contributed by atoms with Gasteiger partial charge in [-0.3, -0.25) is 4.79 Å². The van der Waals surface area contributed by atoms with Gasteiger partial charge in [-0.25, -0.2) is 0 Å². The first kappa shape index (κ1) is 10.5. The van der Waals surface area contributed by atoms with Gasteiger partial charge in [0.2, 0.25) is 0 Å². The number of carbonyl (C=O) groups is 1. The zero-order valence-corrected chi connectivity index (χ0v) is 7.99. The topological polar surface area (TPSA) is 66.8 Å². The third-order valence-corrected chi connectivity index (χ3v) is 2.38. The van der Waals surface area contributed by atoms with E-state index < -0.39 is 24.1 Å². The molecular weight excluding hydrogens is 172 g/mol. The van der Waals surface area contributed by atoms with E-state index in [1.807, 2.05) is 13.8 Å². The Hall–Kier alpha value is -0.610. The van der Waals surface area contributed by atoms with Gasteiger partial charge in [0.1, 0.15) is 12.2 Å². The van der Waals surface area contributed by atoms with Gasteiger partial charge in [0.15, 0.2) is 0 Å². The Balaban J connectivity index is 2.71. The number of esters is 1. The summed E-state index contributed by atoms with van der Waals surface area (Å²) in [5.74, 6) is -0.670. The van der Waals surface area contributed by atoms with Crippen molar-refractivity contribution < 1.29 is 19.7 Å². The van der Waals surface area contributed by atoms with Crippen LogP contribution in [0.25, 0.3) is 0 Å². The van der Waals surface area contributed by atoms with E-state index in [1.54, 1.807) is 0 Å². The average molecular weight is 188 g/mol. The van der Waals surface area contributed by atoms with E-state index in [0.717, 1.165) is 0 Å². The summed E-state index contributed by atoms with van der Waals surface area (Å²) in [6.07, 6.45) is 0.551. The maximum Gasteiger partial charge on any atom is 0.312 e. The molecule has 2 unspecified atom stereocenters. The minimum absolute atomic E-state index is 0.0836. The summed E-state index contributed by atoms with van der Waals surface area (Å²) < 4.78 is 4.72. The fraction of sp³-hybridized carbons (Fsp3) is 0.889. The van der Waals surface area contributed by atoms with Crippen molar-refractivity contribution in [2.75, 3.05) is 13.2 Å². The number of hydrogen-bond acceptors (Lipinski definition) is 4. The van der Waals surface area contributed by atoms with E-state index in [-0.39, 0.29) is 6.61 Å². The van der Waals surface area contributed by atoms with E-state index in [1.165, 1.54) is 0 Å². The molecule has 0 aromatic carbocycles. The van der Waals surface area contributed by atoms with Gasteiger partial charge in [0.25, 0.3) is 0 Å². The van der Waals surface area contributed by atoms with Gasteiger partial charge in [0, 0.05) is 0 Å². The Labute approximate surface area is 77.5 Å². The van der Waals surface area contributed by atoms with Crippen LogP contribution in [0.15, 0.2) is 0 Å². The van der Waals surface area contributed by atoms with Crippen LogP contribution in [0.4, 0.5) is 0 Å². The smallest absolute Gasteiger partial charge is 0.312 e. The molecule has 0 aliphatic carbocycles. The number of ether oxygens (including phenoxy) is 1. The van der Waals surface area contributed by atoms with Crippen LogP contribution in [0.2, 0.25) is 0 Å². The molecule has 0 spiro atoms. The maximum absolute atomic E-state index is 11.2. The predicted molar refractivity (Wildman–Crippen MR) is 45.9 cm³/mol. The van der Waals surface area contributed by atoms with Crippen LogP contribution >= 0.6 is 0 Å². The fourth-order valence-corrected chi connectivity index (χ4v) is 1.56. The summed E-state index contributed by atoms with van der Waals surface area (Å²) in [7, 11) is 0. The van der Waals surface area contributed by atoms with Gasteiger partial charge >= 0.3 is 5.97 Å². The molecule has 1 fully saturated rings. The lowest BCUT2D eigenvalue weighted by Crippen LogP contribution is -2.42. The van der Waals surface area contributed by atoms with Crippen LogP contribution in [-0.4, -0.2) is 35.0 Å². The van der Waals surface area contributed by atoms with Gasteiger partial charge in [-0.05, 0) is 12.3 Å².